The third-order valence-corrected chi connectivity index (χ3v) is 6.14. The van der Waals surface area contributed by atoms with Crippen LogP contribution in [0.3, 0.4) is 0 Å². The second-order valence-electron chi connectivity index (χ2n) is 7.32. The molecule has 3 amide bonds. The molecule has 2 aliphatic heterocycles. The van der Waals surface area contributed by atoms with Crippen molar-refractivity contribution in [2.24, 2.45) is 0 Å². The van der Waals surface area contributed by atoms with Gasteiger partial charge in [-0.15, -0.1) is 0 Å². The molecule has 8 heteroatoms. The summed E-state index contributed by atoms with van der Waals surface area (Å²) >= 11 is 1.22. The van der Waals surface area contributed by atoms with Crippen LogP contribution in [0.25, 0.3) is 0 Å². The zero-order chi connectivity index (χ0) is 20.1. The maximum Gasteiger partial charge on any atom is 0.282 e. The van der Waals surface area contributed by atoms with Gasteiger partial charge in [0.2, 0.25) is 5.91 Å². The largest absolute Gasteiger partial charge is 0.342 e. The van der Waals surface area contributed by atoms with E-state index in [1.165, 1.54) is 22.9 Å². The second-order valence-corrected chi connectivity index (χ2v) is 8.61. The molecule has 28 heavy (non-hydrogen) atoms. The van der Waals surface area contributed by atoms with E-state index in [0.29, 0.717) is 17.9 Å². The molecule has 0 spiro atoms. The summed E-state index contributed by atoms with van der Waals surface area (Å²) in [6, 6.07) is 8.95. The molecule has 1 N–H and O–H groups in total. The molecule has 0 radical (unpaired) electrons. The standard InChI is InChI=1S/C20H20N4O3S/c1-12-23(11-22-19(27)28-12)14-6-7-16-15(9-14)20(2,3)18(26)24(16)17(25)13-5-4-8-21-10-13/h4-10,12H,11H2,1-3H3,(H,22,27). The zero-order valence-corrected chi connectivity index (χ0v) is 16.6. The third kappa shape index (κ3) is 2.84. The van der Waals surface area contributed by atoms with Crippen LogP contribution in [0.5, 0.6) is 0 Å². The van der Waals surface area contributed by atoms with Crippen molar-refractivity contribution in [2.75, 3.05) is 16.5 Å². The number of pyridine rings is 1. The highest BCUT2D eigenvalue weighted by atomic mass is 32.2. The van der Waals surface area contributed by atoms with Gasteiger partial charge in [-0.05, 0) is 68.4 Å². The highest BCUT2D eigenvalue weighted by Gasteiger charge is 2.47. The van der Waals surface area contributed by atoms with Crippen LogP contribution < -0.4 is 15.1 Å². The van der Waals surface area contributed by atoms with Crippen molar-refractivity contribution in [1.29, 1.82) is 0 Å². The Morgan fingerprint density at radius 1 is 1.29 bits per heavy atom. The summed E-state index contributed by atoms with van der Waals surface area (Å²) in [5.74, 6) is -0.644. The van der Waals surface area contributed by atoms with Gasteiger partial charge in [0.25, 0.3) is 11.1 Å². The quantitative estimate of drug-likeness (QED) is 0.786. The molecule has 1 unspecified atom stereocenters. The number of nitrogens with zero attached hydrogens (tertiary/aromatic N) is 3. The van der Waals surface area contributed by atoms with Crippen LogP contribution in [0.1, 0.15) is 36.7 Å². The van der Waals surface area contributed by atoms with Gasteiger partial charge in [-0.1, -0.05) is 0 Å². The highest BCUT2D eigenvalue weighted by molar-refractivity contribution is 8.14. The van der Waals surface area contributed by atoms with Crippen LogP contribution in [0.15, 0.2) is 42.7 Å². The van der Waals surface area contributed by atoms with Crippen molar-refractivity contribution in [3.8, 4) is 0 Å². The number of carbonyl (C=O) groups excluding carboxylic acids is 3. The van der Waals surface area contributed by atoms with Crippen LogP contribution in [0.4, 0.5) is 16.2 Å². The van der Waals surface area contributed by atoms with E-state index in [-0.39, 0.29) is 22.4 Å². The first kappa shape index (κ1) is 18.5. The average Bonchev–Trinajstić information content (AvgIpc) is 2.88. The number of carbonyl (C=O) groups is 3. The van der Waals surface area contributed by atoms with Gasteiger partial charge < -0.3 is 10.2 Å². The number of thioether (sulfide) groups is 1. The topological polar surface area (TPSA) is 82.6 Å². The van der Waals surface area contributed by atoms with Crippen molar-refractivity contribution in [2.45, 2.75) is 31.6 Å². The van der Waals surface area contributed by atoms with E-state index in [0.717, 1.165) is 11.3 Å². The Hall–Kier alpha value is -2.87. The Balaban J connectivity index is 1.74. The fourth-order valence-electron chi connectivity index (χ4n) is 3.56. The molecular weight excluding hydrogens is 376 g/mol. The molecule has 2 aromatic rings. The van der Waals surface area contributed by atoms with E-state index in [1.54, 1.807) is 24.4 Å². The van der Waals surface area contributed by atoms with E-state index in [1.807, 2.05) is 32.9 Å². The van der Waals surface area contributed by atoms with Crippen LogP contribution in [0.2, 0.25) is 0 Å². The van der Waals surface area contributed by atoms with E-state index in [4.69, 9.17) is 0 Å². The lowest BCUT2D eigenvalue weighted by molar-refractivity contribution is -0.121. The van der Waals surface area contributed by atoms with Gasteiger partial charge in [0.1, 0.15) is 0 Å². The number of benzene rings is 1. The van der Waals surface area contributed by atoms with Crippen molar-refractivity contribution in [3.63, 3.8) is 0 Å². The van der Waals surface area contributed by atoms with Crippen molar-refractivity contribution < 1.29 is 14.4 Å². The molecule has 1 saturated heterocycles. The molecule has 0 aliphatic carbocycles. The normalized spacial score (nSPS) is 20.8. The van der Waals surface area contributed by atoms with Gasteiger partial charge in [-0.25, -0.2) is 4.90 Å². The van der Waals surface area contributed by atoms with Crippen molar-refractivity contribution >= 4 is 40.2 Å². The number of rotatable bonds is 2. The van der Waals surface area contributed by atoms with E-state index < -0.39 is 5.41 Å². The van der Waals surface area contributed by atoms with Gasteiger partial charge in [-0.3, -0.25) is 19.4 Å². The number of hydrogen-bond donors (Lipinski definition) is 1. The molecule has 0 saturated carbocycles. The number of fused-ring (bicyclic) bond motifs is 1. The first-order chi connectivity index (χ1) is 13.3. The molecule has 3 heterocycles. The summed E-state index contributed by atoms with van der Waals surface area (Å²) in [7, 11) is 0. The summed E-state index contributed by atoms with van der Waals surface area (Å²) in [5, 5.41) is 2.74. The monoisotopic (exact) mass is 396 g/mol. The maximum absolute atomic E-state index is 13.1. The lowest BCUT2D eigenvalue weighted by Crippen LogP contribution is -2.46. The molecule has 2 aliphatic rings. The van der Waals surface area contributed by atoms with Gasteiger partial charge >= 0.3 is 0 Å². The van der Waals surface area contributed by atoms with Crippen LogP contribution in [0, 0.1) is 0 Å². The Kier molecular flexibility index (Phi) is 4.38. The molecule has 144 valence electrons. The maximum atomic E-state index is 13.1. The summed E-state index contributed by atoms with van der Waals surface area (Å²) in [4.78, 5) is 44.9. The van der Waals surface area contributed by atoms with Crippen LogP contribution >= 0.6 is 11.8 Å². The number of anilines is 2. The molecule has 1 fully saturated rings. The number of imide groups is 1. The van der Waals surface area contributed by atoms with E-state index in [2.05, 4.69) is 15.2 Å². The average molecular weight is 396 g/mol. The number of amides is 3. The minimum atomic E-state index is -0.835. The molecule has 1 aromatic heterocycles. The molecule has 4 rings (SSSR count). The molecule has 7 nitrogen and oxygen atoms in total. The Bertz CT molecular complexity index is 977. The van der Waals surface area contributed by atoms with Gasteiger partial charge in [-0.2, -0.15) is 0 Å². The molecule has 1 aromatic carbocycles. The molecular formula is C20H20N4O3S. The smallest absolute Gasteiger partial charge is 0.282 e. The number of nitrogens with one attached hydrogen (secondary N) is 1. The lowest BCUT2D eigenvalue weighted by atomic mass is 9.86. The zero-order valence-electron chi connectivity index (χ0n) is 15.8. The lowest BCUT2D eigenvalue weighted by Gasteiger charge is -2.35. The first-order valence-corrected chi connectivity index (χ1v) is 9.83. The second kappa shape index (κ2) is 6.63. The summed E-state index contributed by atoms with van der Waals surface area (Å²) in [5.41, 5.74) is 1.82. The summed E-state index contributed by atoms with van der Waals surface area (Å²) in [6.07, 6.45) is 3.05. The number of aromatic nitrogens is 1. The molecule has 0 bridgehead atoms. The van der Waals surface area contributed by atoms with E-state index in [9.17, 15) is 14.4 Å². The predicted molar refractivity (Wildman–Crippen MR) is 108 cm³/mol. The highest BCUT2D eigenvalue weighted by Crippen LogP contribution is 2.44. The van der Waals surface area contributed by atoms with Crippen LogP contribution in [-0.2, 0) is 10.2 Å². The Labute approximate surface area is 167 Å². The summed E-state index contributed by atoms with van der Waals surface area (Å²) in [6.45, 7) is 6.01. The SMILES string of the molecule is CC1SC(=O)NCN1c1ccc2c(c1)C(C)(C)C(=O)N2C(=O)c1cccnc1. The van der Waals surface area contributed by atoms with Crippen molar-refractivity contribution in [3.05, 3.63) is 53.9 Å². The van der Waals surface area contributed by atoms with Gasteiger partial charge in [0.05, 0.1) is 28.7 Å². The molecule has 1 atom stereocenters. The third-order valence-electron chi connectivity index (χ3n) is 5.19. The van der Waals surface area contributed by atoms with Crippen molar-refractivity contribution in [1.82, 2.24) is 10.3 Å². The fraction of sp³-hybridized carbons (Fsp3) is 0.300. The van der Waals surface area contributed by atoms with E-state index >= 15 is 0 Å². The first-order valence-electron chi connectivity index (χ1n) is 8.95. The van der Waals surface area contributed by atoms with Crippen LogP contribution in [-0.4, -0.2) is 34.1 Å². The minimum Gasteiger partial charge on any atom is -0.342 e. The fourth-order valence-corrected chi connectivity index (χ4v) is 4.34. The number of hydrogen-bond acceptors (Lipinski definition) is 6. The van der Waals surface area contributed by atoms with Gasteiger partial charge in [0, 0.05) is 18.1 Å². The Morgan fingerprint density at radius 2 is 2.07 bits per heavy atom. The summed E-state index contributed by atoms with van der Waals surface area (Å²) < 4.78 is 0. The predicted octanol–water partition coefficient (Wildman–Crippen LogP) is 3.11. The van der Waals surface area contributed by atoms with Gasteiger partial charge in [0.15, 0.2) is 0 Å². The minimum absolute atomic E-state index is 0.0276. The Morgan fingerprint density at radius 3 is 2.75 bits per heavy atom.